The van der Waals surface area contributed by atoms with Gasteiger partial charge in [-0.3, -0.25) is 9.69 Å². The molecule has 1 saturated heterocycles. The zero-order valence-electron chi connectivity index (χ0n) is 15.2. The molecule has 1 aromatic heterocycles. The lowest BCUT2D eigenvalue weighted by molar-refractivity contribution is -0.116. The Balaban J connectivity index is 1.44. The van der Waals surface area contributed by atoms with E-state index in [1.54, 1.807) is 18.5 Å². The summed E-state index contributed by atoms with van der Waals surface area (Å²) in [6.45, 7) is 5.94. The number of halogens is 1. The molecule has 2 aromatic rings. The van der Waals surface area contributed by atoms with Crippen molar-refractivity contribution in [3.8, 4) is 0 Å². The summed E-state index contributed by atoms with van der Waals surface area (Å²) in [5.74, 6) is 1.64. The van der Waals surface area contributed by atoms with Gasteiger partial charge in [0.2, 0.25) is 5.91 Å². The maximum Gasteiger partial charge on any atom is 0.224 e. The van der Waals surface area contributed by atoms with E-state index >= 15 is 0 Å². The van der Waals surface area contributed by atoms with Gasteiger partial charge in [0.15, 0.2) is 0 Å². The highest BCUT2D eigenvalue weighted by Crippen LogP contribution is 2.22. The van der Waals surface area contributed by atoms with Crippen LogP contribution in [0.5, 0.6) is 0 Å². The smallest absolute Gasteiger partial charge is 0.224 e. The number of likely N-dealkylation sites (tertiary alicyclic amines) is 1. The number of benzene rings is 1. The van der Waals surface area contributed by atoms with Crippen LogP contribution in [0.1, 0.15) is 38.4 Å². The molecule has 1 atom stereocenters. The van der Waals surface area contributed by atoms with Crippen LogP contribution in [0.3, 0.4) is 0 Å². The Labute approximate surface area is 159 Å². The van der Waals surface area contributed by atoms with E-state index < -0.39 is 0 Å². The Hall–Kier alpha value is -1.92. The van der Waals surface area contributed by atoms with E-state index in [9.17, 15) is 4.79 Å². The number of piperidine rings is 1. The second kappa shape index (κ2) is 9.14. The molecule has 3 rings (SSSR count). The van der Waals surface area contributed by atoms with Crippen molar-refractivity contribution in [2.75, 3.05) is 18.4 Å². The molecule has 140 valence electrons. The van der Waals surface area contributed by atoms with E-state index in [0.29, 0.717) is 17.4 Å². The molecule has 0 saturated carbocycles. The van der Waals surface area contributed by atoms with E-state index in [2.05, 4.69) is 31.9 Å². The zero-order chi connectivity index (χ0) is 18.4. The Bertz CT molecular complexity index is 715. The topological polar surface area (TPSA) is 63.1 Å². The minimum absolute atomic E-state index is 0.0650. The van der Waals surface area contributed by atoms with Crippen molar-refractivity contribution in [1.82, 2.24) is 19.7 Å². The molecule has 0 radical (unpaired) electrons. The van der Waals surface area contributed by atoms with Crippen molar-refractivity contribution in [3.63, 3.8) is 0 Å². The van der Waals surface area contributed by atoms with Gasteiger partial charge in [0.05, 0.1) is 6.54 Å². The number of carbonyl (C=O) groups is 1. The molecule has 0 unspecified atom stereocenters. The summed E-state index contributed by atoms with van der Waals surface area (Å²) in [5.41, 5.74) is 0.795. The largest absolute Gasteiger partial charge is 0.326 e. The SMILES string of the molecule is CCn1cnnc1CN1CCC[C@@H](CCC(=O)Nc2ccc(Cl)cc2)C1. The number of aromatic nitrogens is 3. The van der Waals surface area contributed by atoms with E-state index in [4.69, 9.17) is 11.6 Å². The van der Waals surface area contributed by atoms with E-state index in [0.717, 1.165) is 44.1 Å². The number of nitrogens with one attached hydrogen (secondary N) is 1. The minimum atomic E-state index is 0.0650. The lowest BCUT2D eigenvalue weighted by atomic mass is 9.93. The lowest BCUT2D eigenvalue weighted by Crippen LogP contribution is -2.36. The maximum atomic E-state index is 12.2. The fourth-order valence-corrected chi connectivity index (χ4v) is 3.61. The second-order valence-corrected chi connectivity index (χ2v) is 7.31. The fraction of sp³-hybridized carbons (Fsp3) is 0.526. The molecule has 1 amide bonds. The molecule has 1 aliphatic rings. The molecule has 1 aliphatic heterocycles. The maximum absolute atomic E-state index is 12.2. The molecule has 2 heterocycles. The molecular weight excluding hydrogens is 350 g/mol. The molecule has 6 nitrogen and oxygen atoms in total. The monoisotopic (exact) mass is 375 g/mol. The molecule has 0 bridgehead atoms. The summed E-state index contributed by atoms with van der Waals surface area (Å²) in [7, 11) is 0. The van der Waals surface area contributed by atoms with Gasteiger partial charge in [-0.1, -0.05) is 11.6 Å². The average Bonchev–Trinajstić information content (AvgIpc) is 3.09. The van der Waals surface area contributed by atoms with Crippen LogP contribution in [0.2, 0.25) is 5.02 Å². The van der Waals surface area contributed by atoms with Crippen LogP contribution < -0.4 is 5.32 Å². The van der Waals surface area contributed by atoms with Gasteiger partial charge in [0.1, 0.15) is 12.2 Å². The van der Waals surface area contributed by atoms with Crippen molar-refractivity contribution in [2.45, 2.75) is 45.7 Å². The van der Waals surface area contributed by atoms with Gasteiger partial charge >= 0.3 is 0 Å². The van der Waals surface area contributed by atoms with Crippen molar-refractivity contribution >= 4 is 23.2 Å². The highest BCUT2D eigenvalue weighted by molar-refractivity contribution is 6.30. The minimum Gasteiger partial charge on any atom is -0.326 e. The third kappa shape index (κ3) is 5.29. The number of nitrogens with zero attached hydrogens (tertiary/aromatic N) is 4. The van der Waals surface area contributed by atoms with Gasteiger partial charge in [0, 0.05) is 30.2 Å². The number of hydrogen-bond acceptors (Lipinski definition) is 4. The molecular formula is C19H26ClN5O. The first-order valence-electron chi connectivity index (χ1n) is 9.28. The summed E-state index contributed by atoms with van der Waals surface area (Å²) >= 11 is 5.87. The standard InChI is InChI=1S/C19H26ClN5O/c1-2-25-14-21-23-18(25)13-24-11-3-4-15(12-24)5-10-19(26)22-17-8-6-16(20)7-9-17/h6-9,14-15H,2-5,10-13H2,1H3,(H,22,26)/t15-/m0/s1. The number of aryl methyl sites for hydroxylation is 1. The molecule has 1 N–H and O–H groups in total. The van der Waals surface area contributed by atoms with Crippen LogP contribution in [-0.2, 0) is 17.9 Å². The molecule has 7 heteroatoms. The van der Waals surface area contributed by atoms with Crippen molar-refractivity contribution < 1.29 is 4.79 Å². The quantitative estimate of drug-likeness (QED) is 0.803. The summed E-state index contributed by atoms with van der Waals surface area (Å²) in [4.78, 5) is 14.6. The third-order valence-electron chi connectivity index (χ3n) is 4.91. The average molecular weight is 376 g/mol. The predicted molar refractivity (Wildman–Crippen MR) is 103 cm³/mol. The van der Waals surface area contributed by atoms with E-state index in [1.165, 1.54) is 12.8 Å². The summed E-state index contributed by atoms with van der Waals surface area (Å²) < 4.78 is 2.09. The number of rotatable bonds is 7. The van der Waals surface area contributed by atoms with Gasteiger partial charge in [-0.05, 0) is 62.9 Å². The summed E-state index contributed by atoms with van der Waals surface area (Å²) in [5, 5.41) is 11.8. The second-order valence-electron chi connectivity index (χ2n) is 6.87. The van der Waals surface area contributed by atoms with Gasteiger partial charge in [-0.2, -0.15) is 0 Å². The van der Waals surface area contributed by atoms with Gasteiger partial charge in [-0.15, -0.1) is 10.2 Å². The normalized spacial score (nSPS) is 18.0. The van der Waals surface area contributed by atoms with Crippen LogP contribution >= 0.6 is 11.6 Å². The number of anilines is 1. The first-order chi connectivity index (χ1) is 12.6. The van der Waals surface area contributed by atoms with Crippen molar-refractivity contribution in [1.29, 1.82) is 0 Å². The first-order valence-corrected chi connectivity index (χ1v) is 9.66. The summed E-state index contributed by atoms with van der Waals surface area (Å²) in [6.07, 6.45) is 5.61. The Morgan fingerprint density at radius 2 is 2.15 bits per heavy atom. The predicted octanol–water partition coefficient (Wildman–Crippen LogP) is 3.58. The molecule has 26 heavy (non-hydrogen) atoms. The summed E-state index contributed by atoms with van der Waals surface area (Å²) in [6, 6.07) is 7.22. The fourth-order valence-electron chi connectivity index (χ4n) is 3.49. The highest BCUT2D eigenvalue weighted by atomic mass is 35.5. The Morgan fingerprint density at radius 1 is 1.35 bits per heavy atom. The number of hydrogen-bond donors (Lipinski definition) is 1. The molecule has 1 aromatic carbocycles. The Morgan fingerprint density at radius 3 is 2.92 bits per heavy atom. The van der Waals surface area contributed by atoms with Gasteiger partial charge in [0.25, 0.3) is 0 Å². The number of carbonyl (C=O) groups excluding carboxylic acids is 1. The molecule has 0 aliphatic carbocycles. The van der Waals surface area contributed by atoms with Crippen molar-refractivity contribution in [3.05, 3.63) is 41.4 Å². The highest BCUT2D eigenvalue weighted by Gasteiger charge is 2.22. The molecule has 1 fully saturated rings. The lowest BCUT2D eigenvalue weighted by Gasteiger charge is -2.32. The van der Waals surface area contributed by atoms with Crippen LogP contribution in [-0.4, -0.2) is 38.7 Å². The third-order valence-corrected chi connectivity index (χ3v) is 5.16. The van der Waals surface area contributed by atoms with Crippen LogP contribution in [0.15, 0.2) is 30.6 Å². The number of amides is 1. The van der Waals surface area contributed by atoms with Gasteiger partial charge < -0.3 is 9.88 Å². The van der Waals surface area contributed by atoms with Crippen LogP contribution in [0.4, 0.5) is 5.69 Å². The van der Waals surface area contributed by atoms with Crippen molar-refractivity contribution in [2.24, 2.45) is 5.92 Å². The van der Waals surface area contributed by atoms with Crippen LogP contribution in [0.25, 0.3) is 0 Å². The Kier molecular flexibility index (Phi) is 6.63. The van der Waals surface area contributed by atoms with E-state index in [1.807, 2.05) is 12.1 Å². The van der Waals surface area contributed by atoms with E-state index in [-0.39, 0.29) is 5.91 Å². The zero-order valence-corrected chi connectivity index (χ0v) is 16.0. The molecule has 0 spiro atoms. The first kappa shape index (κ1) is 18.9. The van der Waals surface area contributed by atoms with Crippen LogP contribution in [0, 0.1) is 5.92 Å². The van der Waals surface area contributed by atoms with Gasteiger partial charge in [-0.25, -0.2) is 0 Å².